The first-order valence-electron chi connectivity index (χ1n) is 22.5. The zero-order chi connectivity index (χ0) is 56.1. The zero-order valence-corrected chi connectivity index (χ0v) is 47.2. The highest BCUT2D eigenvalue weighted by molar-refractivity contribution is 9.10. The van der Waals surface area contributed by atoms with Crippen LogP contribution >= 0.6 is 47.8 Å². The van der Waals surface area contributed by atoms with Crippen molar-refractivity contribution < 1.29 is 61.6 Å². The van der Waals surface area contributed by atoms with E-state index in [1.165, 1.54) is 37.6 Å². The normalized spacial score (nSPS) is 21.8. The summed E-state index contributed by atoms with van der Waals surface area (Å²) in [5, 5.41) is 35.7. The minimum Gasteiger partial charge on any atom is -0.423 e. The molecular formula is C47H44BBr3F6N8O8S3. The Hall–Kier alpha value is -5.27. The van der Waals surface area contributed by atoms with Crippen LogP contribution in [0.2, 0.25) is 0 Å². The lowest BCUT2D eigenvalue weighted by atomic mass is 9.77. The Morgan fingerprint density at radius 3 is 1.49 bits per heavy atom. The maximum atomic E-state index is 13.3. The van der Waals surface area contributed by atoms with Crippen LogP contribution in [0.3, 0.4) is 0 Å². The van der Waals surface area contributed by atoms with Gasteiger partial charge in [0.15, 0.2) is 0 Å². The molecule has 0 bridgehead atoms. The number of alkyl halides is 7. The molecule has 16 nitrogen and oxygen atoms in total. The molecule has 0 amide bonds. The maximum Gasteiger partial charge on any atom is 0.489 e. The molecule has 3 aliphatic carbocycles. The molecule has 76 heavy (non-hydrogen) atoms. The highest BCUT2D eigenvalue weighted by Gasteiger charge is 2.60. The number of nitrogens with zero attached hydrogens (tertiary/aromatic N) is 7. The van der Waals surface area contributed by atoms with E-state index in [1.54, 1.807) is 91.0 Å². The van der Waals surface area contributed by atoms with Gasteiger partial charge in [-0.25, -0.2) is 26.3 Å². The largest absolute Gasteiger partial charge is 0.489 e. The Kier molecular flexibility index (Phi) is 16.8. The number of rotatable bonds is 7. The Balaban J connectivity index is 0.000000148. The fourth-order valence-electron chi connectivity index (χ4n) is 7.91. The van der Waals surface area contributed by atoms with Gasteiger partial charge in [0.1, 0.15) is 0 Å². The van der Waals surface area contributed by atoms with Crippen LogP contribution in [0, 0.1) is 40.4 Å². The van der Waals surface area contributed by atoms with E-state index < -0.39 is 67.3 Å². The third-order valence-electron chi connectivity index (χ3n) is 12.8. The van der Waals surface area contributed by atoms with E-state index >= 15 is 0 Å². The van der Waals surface area contributed by atoms with E-state index in [1.807, 2.05) is 6.07 Å². The highest BCUT2D eigenvalue weighted by Crippen LogP contribution is 2.53. The molecule has 0 aromatic heterocycles. The topological polar surface area (TPSA) is 219 Å². The number of hydrogen-bond acceptors (Lipinski definition) is 10. The van der Waals surface area contributed by atoms with Gasteiger partial charge in [-0.2, -0.15) is 35.8 Å². The third kappa shape index (κ3) is 12.4. The fourth-order valence-corrected chi connectivity index (χ4v) is 13.2. The van der Waals surface area contributed by atoms with Crippen molar-refractivity contribution in [1.29, 1.82) is 10.5 Å². The molecule has 3 unspecified atom stereocenters. The second-order valence-corrected chi connectivity index (χ2v) is 25.9. The Morgan fingerprint density at radius 1 is 0.605 bits per heavy atom. The van der Waals surface area contributed by atoms with Gasteiger partial charge in [0.25, 0.3) is 17.8 Å². The molecule has 5 aromatic carbocycles. The summed E-state index contributed by atoms with van der Waals surface area (Å²) in [4.78, 5) is 0. The SMILES string of the molecule is CN1c2cc(-c3ccccc3C#N)ccc2N(CC2CC2(F)F)S1(=O)=O.CN1c2cc(Br)ccc2N(CC2CC2(F)F)S1(=O)=O.CN1c2cc(Br)ccc2NS1(=O)=O.FC1(F)CC1CBr.N#Cc1ccccc1B(O)O. The molecule has 3 aliphatic heterocycles. The fraction of sp³-hybridized carbons (Fsp3) is 0.319. The van der Waals surface area contributed by atoms with E-state index in [0.29, 0.717) is 61.7 Å². The minimum atomic E-state index is -3.88. The number of hydrogen-bond donors (Lipinski definition) is 3. The third-order valence-corrected chi connectivity index (χ3v) is 19.6. The van der Waals surface area contributed by atoms with Crippen molar-refractivity contribution in [1.82, 2.24) is 0 Å². The molecule has 3 fully saturated rings. The molecule has 404 valence electrons. The lowest BCUT2D eigenvalue weighted by Crippen LogP contribution is -2.37. The summed E-state index contributed by atoms with van der Waals surface area (Å²) in [5.74, 6) is -10.0. The molecule has 3 heterocycles. The van der Waals surface area contributed by atoms with Crippen LogP contribution < -0.4 is 31.7 Å². The zero-order valence-electron chi connectivity index (χ0n) is 40.0. The lowest BCUT2D eigenvalue weighted by Gasteiger charge is -2.18. The molecule has 3 N–H and O–H groups in total. The summed E-state index contributed by atoms with van der Waals surface area (Å²) in [6.07, 6.45) is -0.446. The summed E-state index contributed by atoms with van der Waals surface area (Å²) in [7, 11) is -8.17. The van der Waals surface area contributed by atoms with Gasteiger partial charge >= 0.3 is 37.7 Å². The van der Waals surface area contributed by atoms with E-state index in [9.17, 15) is 56.9 Å². The van der Waals surface area contributed by atoms with Crippen LogP contribution in [-0.2, 0) is 30.6 Å². The van der Waals surface area contributed by atoms with Crippen molar-refractivity contribution in [2.45, 2.75) is 37.0 Å². The van der Waals surface area contributed by atoms with Crippen LogP contribution in [0.4, 0.5) is 60.5 Å². The van der Waals surface area contributed by atoms with Gasteiger partial charge in [0.05, 0.1) is 57.4 Å². The lowest BCUT2D eigenvalue weighted by molar-refractivity contribution is 0.1000. The Bertz CT molecular complexity index is 3490. The summed E-state index contributed by atoms with van der Waals surface area (Å²) >= 11 is 9.52. The molecule has 0 spiro atoms. The van der Waals surface area contributed by atoms with Gasteiger partial charge in [-0.1, -0.05) is 90.3 Å². The smallest absolute Gasteiger partial charge is 0.423 e. The first-order valence-corrected chi connectivity index (χ1v) is 29.4. The second kappa shape index (κ2) is 21.9. The standard InChI is InChI=1S/C18H15F2N3O2S.C11H11BrF2N2O2S.C7H6BNO2.C7H7BrN2O2S.C4H5BrF2/c1-22-17-8-12(15-5-3-2-4-13(15)10-21)6-7-16(17)23(26(22,24)25)11-14-9-18(14,19)20;1-15-10-4-8(12)2-3-9(10)16(19(15,17)18)6-7-5-11(7,13)14;9-5-6-3-1-2-4-7(6)8(10)11;1-10-7-4-5(8)2-3-6(7)9-13(10,11)12;5-2-3-1-4(3,6)7/h2-8,14H,9,11H2,1H3;2-4,7H,5-6H2,1H3;1-4,10-11H;2-4,9H,1H3;3H,1-2H2. The van der Waals surface area contributed by atoms with Gasteiger partial charge in [-0.3, -0.25) is 26.2 Å². The van der Waals surface area contributed by atoms with Gasteiger partial charge in [0.2, 0.25) is 0 Å². The minimum absolute atomic E-state index is 0.0816. The van der Waals surface area contributed by atoms with E-state index in [0.717, 1.165) is 26.2 Å². The average molecular weight is 1310 g/mol. The van der Waals surface area contributed by atoms with Crippen LogP contribution in [-0.4, -0.2) is 99.8 Å². The number of benzene rings is 5. The summed E-state index contributed by atoms with van der Waals surface area (Å²) in [6, 6.07) is 32.6. The van der Waals surface area contributed by atoms with Crippen molar-refractivity contribution in [2.24, 2.45) is 17.8 Å². The van der Waals surface area contributed by atoms with E-state index in [2.05, 4.69) is 58.6 Å². The average Bonchev–Trinajstić information content (AvgIpc) is 4.28. The van der Waals surface area contributed by atoms with Crippen LogP contribution in [0.1, 0.15) is 30.4 Å². The van der Waals surface area contributed by atoms with Crippen LogP contribution in [0.25, 0.3) is 11.1 Å². The molecule has 3 saturated carbocycles. The number of fused-ring (bicyclic) bond motifs is 3. The molecule has 0 saturated heterocycles. The number of nitrogens with one attached hydrogen (secondary N) is 1. The predicted octanol–water partition coefficient (Wildman–Crippen LogP) is 8.82. The van der Waals surface area contributed by atoms with Gasteiger partial charge < -0.3 is 10.0 Å². The molecule has 11 rings (SSSR count). The van der Waals surface area contributed by atoms with E-state index in [4.69, 9.17) is 15.3 Å². The van der Waals surface area contributed by atoms with Crippen molar-refractivity contribution in [3.63, 3.8) is 0 Å². The van der Waals surface area contributed by atoms with Crippen LogP contribution in [0.15, 0.2) is 112 Å². The highest BCUT2D eigenvalue weighted by atomic mass is 79.9. The quantitative estimate of drug-likeness (QED) is 0.0799. The van der Waals surface area contributed by atoms with E-state index in [-0.39, 0.29) is 43.7 Å². The molecule has 6 aliphatic rings. The first kappa shape index (κ1) is 58.4. The number of halogens is 9. The van der Waals surface area contributed by atoms with Crippen LogP contribution in [0.5, 0.6) is 0 Å². The Morgan fingerprint density at radius 2 is 1.04 bits per heavy atom. The van der Waals surface area contributed by atoms with Crippen molar-refractivity contribution in [3.8, 4) is 23.3 Å². The maximum absolute atomic E-state index is 13.3. The van der Waals surface area contributed by atoms with Crippen molar-refractivity contribution >= 4 is 125 Å². The van der Waals surface area contributed by atoms with Crippen molar-refractivity contribution in [2.75, 3.05) is 65.8 Å². The molecule has 5 aromatic rings. The number of anilines is 6. The predicted molar refractivity (Wildman–Crippen MR) is 289 cm³/mol. The van der Waals surface area contributed by atoms with Gasteiger partial charge in [-0.15, -0.1) is 0 Å². The van der Waals surface area contributed by atoms with Gasteiger partial charge in [-0.05, 0) is 77.3 Å². The number of nitriles is 2. The summed E-state index contributed by atoms with van der Waals surface area (Å²) < 4.78 is 158. The monoisotopic (exact) mass is 1310 g/mol. The Labute approximate surface area is 461 Å². The summed E-state index contributed by atoms with van der Waals surface area (Å²) in [5.41, 5.74) is 5.43. The van der Waals surface area contributed by atoms with Gasteiger partial charge in [0, 0.05) is 85.5 Å². The molecule has 29 heteroatoms. The molecular weight excluding hydrogens is 1270 g/mol. The first-order chi connectivity index (χ1) is 35.4. The second-order valence-electron chi connectivity index (χ2n) is 18.0. The van der Waals surface area contributed by atoms with Crippen molar-refractivity contribution in [3.05, 3.63) is 123 Å². The molecule has 0 radical (unpaired) electrons. The summed E-state index contributed by atoms with van der Waals surface area (Å²) in [6.45, 7) is -0.408. The molecule has 3 atom stereocenters.